The smallest absolute Gasteiger partial charge is 0.0433 e. The lowest BCUT2D eigenvalue weighted by molar-refractivity contribution is 1.56. The lowest BCUT2D eigenvalue weighted by atomic mass is 9.91. The van der Waals surface area contributed by atoms with Gasteiger partial charge in [-0.05, 0) is 135 Å². The second-order valence-electron chi connectivity index (χ2n) is 16.0. The molecule has 0 radical (unpaired) electrons. The first-order valence-corrected chi connectivity index (χ1v) is 21.8. The molecular weight excluding hydrogens is 753 g/mol. The zero-order chi connectivity index (χ0) is 40.3. The van der Waals surface area contributed by atoms with Crippen molar-refractivity contribution in [2.75, 3.05) is 0 Å². The maximum Gasteiger partial charge on any atom is 0.0433 e. The van der Waals surface area contributed by atoms with Crippen LogP contribution in [0.2, 0.25) is 0 Å². The standard InChI is InChI=1S/C60H38S/c1-2-13-39(14-3-1)50-27-12-28-57-56-32-30-49(38-59(56)61-60(50)57)47-22-11-20-45(36-47)43-18-9-16-41(34-43)40-15-8-17-42(33-40)44-19-10-21-46(35-44)48-29-31-55-53-25-5-4-23-51(53)52-24-6-7-26-54(52)58(55)37-48/h1-38H. The maximum atomic E-state index is 2.38. The molecule has 0 atom stereocenters. The van der Waals surface area contributed by atoms with Gasteiger partial charge in [0.2, 0.25) is 0 Å². The summed E-state index contributed by atoms with van der Waals surface area (Å²) in [5, 5.41) is 10.4. The van der Waals surface area contributed by atoms with E-state index in [-0.39, 0.29) is 0 Å². The lowest BCUT2D eigenvalue weighted by Gasteiger charge is -2.13. The summed E-state index contributed by atoms with van der Waals surface area (Å²) in [6, 6.07) is 84.8. The van der Waals surface area contributed by atoms with Crippen molar-refractivity contribution in [3.8, 4) is 66.8 Å². The highest BCUT2D eigenvalue weighted by atomic mass is 32.1. The predicted molar refractivity (Wildman–Crippen MR) is 264 cm³/mol. The van der Waals surface area contributed by atoms with Crippen LogP contribution in [0.3, 0.4) is 0 Å². The van der Waals surface area contributed by atoms with Gasteiger partial charge in [-0.2, -0.15) is 0 Å². The van der Waals surface area contributed by atoms with Crippen molar-refractivity contribution < 1.29 is 0 Å². The van der Waals surface area contributed by atoms with E-state index >= 15 is 0 Å². The number of fused-ring (bicyclic) bond motifs is 9. The second-order valence-corrected chi connectivity index (χ2v) is 17.1. The van der Waals surface area contributed by atoms with Crippen molar-refractivity contribution in [3.63, 3.8) is 0 Å². The summed E-state index contributed by atoms with van der Waals surface area (Å²) in [6.07, 6.45) is 0. The highest BCUT2D eigenvalue weighted by molar-refractivity contribution is 7.26. The predicted octanol–water partition coefficient (Wildman–Crippen LogP) is 17.5. The minimum Gasteiger partial charge on any atom is -0.135 e. The Kier molecular flexibility index (Phi) is 8.47. The summed E-state index contributed by atoms with van der Waals surface area (Å²) in [5.74, 6) is 0. The van der Waals surface area contributed by atoms with Crippen molar-refractivity contribution in [2.24, 2.45) is 0 Å². The van der Waals surface area contributed by atoms with Crippen LogP contribution in [-0.4, -0.2) is 0 Å². The largest absolute Gasteiger partial charge is 0.135 e. The molecule has 61 heavy (non-hydrogen) atoms. The number of thiophene rings is 1. The highest BCUT2D eigenvalue weighted by Crippen LogP contribution is 2.42. The van der Waals surface area contributed by atoms with E-state index in [1.165, 1.54) is 119 Å². The Hall–Kier alpha value is -7.58. The molecule has 0 aliphatic heterocycles. The van der Waals surface area contributed by atoms with E-state index in [4.69, 9.17) is 0 Å². The van der Waals surface area contributed by atoms with Crippen molar-refractivity contribution in [1.82, 2.24) is 0 Å². The van der Waals surface area contributed by atoms with E-state index < -0.39 is 0 Å². The fraction of sp³-hybridized carbons (Fsp3) is 0. The Morgan fingerprint density at radius 2 is 0.541 bits per heavy atom. The monoisotopic (exact) mass is 790 g/mol. The Balaban J connectivity index is 0.857. The van der Waals surface area contributed by atoms with Crippen molar-refractivity contribution in [1.29, 1.82) is 0 Å². The normalized spacial score (nSPS) is 11.6. The first-order chi connectivity index (χ1) is 30.2. The van der Waals surface area contributed by atoms with Crippen LogP contribution in [0, 0.1) is 0 Å². The first kappa shape index (κ1) is 35.4. The van der Waals surface area contributed by atoms with Crippen LogP contribution in [-0.2, 0) is 0 Å². The van der Waals surface area contributed by atoms with Crippen molar-refractivity contribution in [2.45, 2.75) is 0 Å². The molecule has 0 fully saturated rings. The van der Waals surface area contributed by atoms with Crippen LogP contribution in [0.5, 0.6) is 0 Å². The zero-order valence-electron chi connectivity index (χ0n) is 33.3. The fourth-order valence-corrected chi connectivity index (χ4v) is 10.7. The molecule has 0 aliphatic carbocycles. The molecule has 0 saturated heterocycles. The molecule has 1 aromatic heterocycles. The van der Waals surface area contributed by atoms with Crippen LogP contribution >= 0.6 is 11.3 Å². The average molecular weight is 791 g/mol. The minimum absolute atomic E-state index is 1.20. The molecule has 0 amide bonds. The zero-order valence-corrected chi connectivity index (χ0v) is 34.2. The molecular formula is C60H38S. The Labute approximate surface area is 359 Å². The number of hydrogen-bond donors (Lipinski definition) is 0. The van der Waals surface area contributed by atoms with Gasteiger partial charge >= 0.3 is 0 Å². The summed E-state index contributed by atoms with van der Waals surface area (Å²) in [5.41, 5.74) is 14.7. The van der Waals surface area contributed by atoms with Gasteiger partial charge in [-0.1, -0.05) is 194 Å². The molecule has 284 valence electrons. The van der Waals surface area contributed by atoms with Gasteiger partial charge in [0, 0.05) is 20.2 Å². The Morgan fingerprint density at radius 3 is 1.03 bits per heavy atom. The molecule has 0 bridgehead atoms. The van der Waals surface area contributed by atoms with Crippen LogP contribution < -0.4 is 0 Å². The van der Waals surface area contributed by atoms with E-state index in [0.29, 0.717) is 0 Å². The molecule has 0 nitrogen and oxygen atoms in total. The van der Waals surface area contributed by atoms with Gasteiger partial charge in [-0.25, -0.2) is 0 Å². The molecule has 0 unspecified atom stereocenters. The molecule has 1 heteroatoms. The van der Waals surface area contributed by atoms with Gasteiger partial charge in [0.15, 0.2) is 0 Å². The average Bonchev–Trinajstić information content (AvgIpc) is 3.73. The molecule has 12 aromatic rings. The van der Waals surface area contributed by atoms with Crippen LogP contribution in [0.4, 0.5) is 0 Å². The van der Waals surface area contributed by atoms with E-state index in [0.717, 1.165) is 0 Å². The molecule has 1 heterocycles. The van der Waals surface area contributed by atoms with Gasteiger partial charge in [-0.15, -0.1) is 11.3 Å². The lowest BCUT2D eigenvalue weighted by Crippen LogP contribution is -1.86. The third-order valence-corrected chi connectivity index (χ3v) is 13.6. The van der Waals surface area contributed by atoms with Gasteiger partial charge in [0.25, 0.3) is 0 Å². The van der Waals surface area contributed by atoms with Crippen molar-refractivity contribution >= 4 is 63.8 Å². The van der Waals surface area contributed by atoms with Gasteiger partial charge in [0.1, 0.15) is 0 Å². The van der Waals surface area contributed by atoms with E-state index in [1.54, 1.807) is 0 Å². The van der Waals surface area contributed by atoms with Crippen LogP contribution in [0.1, 0.15) is 0 Å². The minimum atomic E-state index is 1.20. The summed E-state index contributed by atoms with van der Waals surface area (Å²) >= 11 is 1.89. The first-order valence-electron chi connectivity index (χ1n) is 21.0. The molecule has 0 N–H and O–H groups in total. The van der Waals surface area contributed by atoms with Crippen molar-refractivity contribution in [3.05, 3.63) is 231 Å². The summed E-state index contributed by atoms with van der Waals surface area (Å²) in [6.45, 7) is 0. The molecule has 0 spiro atoms. The number of hydrogen-bond acceptors (Lipinski definition) is 1. The number of rotatable bonds is 6. The molecule has 0 saturated carbocycles. The molecule has 11 aromatic carbocycles. The van der Waals surface area contributed by atoms with E-state index in [9.17, 15) is 0 Å². The van der Waals surface area contributed by atoms with Gasteiger partial charge in [0.05, 0.1) is 0 Å². The van der Waals surface area contributed by atoms with Crippen LogP contribution in [0.15, 0.2) is 231 Å². The van der Waals surface area contributed by atoms with E-state index in [1.807, 2.05) is 11.3 Å². The third-order valence-electron chi connectivity index (χ3n) is 12.4. The fourth-order valence-electron chi connectivity index (χ4n) is 9.42. The molecule has 0 aliphatic rings. The quantitative estimate of drug-likeness (QED) is 0.147. The third kappa shape index (κ3) is 6.22. The Bertz CT molecular complexity index is 3610. The number of benzene rings is 11. The highest BCUT2D eigenvalue weighted by Gasteiger charge is 2.14. The summed E-state index contributed by atoms with van der Waals surface area (Å²) in [4.78, 5) is 0. The summed E-state index contributed by atoms with van der Waals surface area (Å²) < 4.78 is 2.66. The van der Waals surface area contributed by atoms with Gasteiger partial charge in [-0.3, -0.25) is 0 Å². The SMILES string of the molecule is c1ccc(-c2cccc3c2sc2cc(-c4cccc(-c5cccc(-c6cccc(-c7cccc(-c8ccc9c%10ccccc%10c%10ccccc%10c9c8)c7)c6)c5)c4)ccc23)cc1. The molecule has 12 rings (SSSR count). The van der Waals surface area contributed by atoms with E-state index in [2.05, 4.69) is 231 Å². The topological polar surface area (TPSA) is 0 Å². The summed E-state index contributed by atoms with van der Waals surface area (Å²) in [7, 11) is 0. The van der Waals surface area contributed by atoms with Gasteiger partial charge < -0.3 is 0 Å². The van der Waals surface area contributed by atoms with Crippen LogP contribution in [0.25, 0.3) is 119 Å². The Morgan fingerprint density at radius 1 is 0.197 bits per heavy atom. The maximum absolute atomic E-state index is 2.38. The second kappa shape index (κ2) is 14.6.